The second-order valence-electron chi connectivity index (χ2n) is 14.2. The molecule has 15 nitrogen and oxygen atoms in total. The first-order valence-corrected chi connectivity index (χ1v) is 19.7. The van der Waals surface area contributed by atoms with Crippen LogP contribution in [-0.2, 0) is 28.9 Å². The number of amides is 2. The Balaban J connectivity index is 1.34. The van der Waals surface area contributed by atoms with E-state index in [2.05, 4.69) is 15.6 Å². The van der Waals surface area contributed by atoms with Crippen molar-refractivity contribution in [3.05, 3.63) is 42.1 Å². The molecular formula is C36H46N4O11S. The summed E-state index contributed by atoms with van der Waals surface area (Å²) in [6.45, 7) is -0.0400. The highest BCUT2D eigenvalue weighted by molar-refractivity contribution is 7.91. The smallest absolute Gasteiger partial charge is 0.407 e. The maximum atomic E-state index is 14.2. The number of ether oxygens (including phenoxy) is 3. The fourth-order valence-corrected chi connectivity index (χ4v) is 8.53. The number of allylic oxidation sites excluding steroid dienone is 1. The van der Waals surface area contributed by atoms with Crippen molar-refractivity contribution in [2.75, 3.05) is 19.9 Å². The van der Waals surface area contributed by atoms with Gasteiger partial charge in [0.25, 0.3) is 0 Å². The Morgan fingerprint density at radius 2 is 1.83 bits per heavy atom. The molecule has 52 heavy (non-hydrogen) atoms. The molecule has 1 aromatic heterocycles. The first-order valence-electron chi connectivity index (χ1n) is 17.8. The number of carboxylic acids is 1. The molecule has 6 rings (SSSR count). The van der Waals surface area contributed by atoms with Gasteiger partial charge in [0.1, 0.15) is 29.7 Å². The summed E-state index contributed by atoms with van der Waals surface area (Å²) in [5.74, 6) is -2.79. The molecule has 6 atom stereocenters. The van der Waals surface area contributed by atoms with Gasteiger partial charge in [0.05, 0.1) is 29.6 Å². The topological polar surface area (TPSA) is 211 Å². The number of para-hydroxylation sites is 1. The zero-order chi connectivity index (χ0) is 37.2. The first kappa shape index (κ1) is 37.5. The van der Waals surface area contributed by atoms with Gasteiger partial charge in [0, 0.05) is 36.6 Å². The van der Waals surface area contributed by atoms with Crippen molar-refractivity contribution >= 4 is 44.7 Å². The number of aliphatic hydroxyl groups excluding tert-OH is 1. The average Bonchev–Trinajstić information content (AvgIpc) is 3.38. The van der Waals surface area contributed by atoms with Crippen LogP contribution in [0.3, 0.4) is 0 Å². The minimum absolute atomic E-state index is 0.00210. The number of methoxy groups -OCH3 is 1. The number of alkyl carbamates (subject to hydrolysis) is 1. The fraction of sp³-hybridized carbons (Fsp3) is 0.583. The monoisotopic (exact) mass is 742 g/mol. The Morgan fingerprint density at radius 3 is 2.54 bits per heavy atom. The molecule has 3 fully saturated rings. The van der Waals surface area contributed by atoms with Crippen LogP contribution in [0.25, 0.3) is 10.9 Å². The number of hydrogen-bond acceptors (Lipinski definition) is 12. The van der Waals surface area contributed by atoms with E-state index in [1.165, 1.54) is 30.2 Å². The number of nitrogens with one attached hydrogen (secondary N) is 2. The number of rotatable bonds is 7. The van der Waals surface area contributed by atoms with Crippen LogP contribution in [0.5, 0.6) is 5.75 Å². The summed E-state index contributed by atoms with van der Waals surface area (Å²) in [5, 5.41) is 27.8. The number of carbonyl (C=O) groups excluding carboxylic acids is 3. The predicted octanol–water partition coefficient (Wildman–Crippen LogP) is 3.08. The minimum Gasteiger partial charge on any atom is -0.488 e. The molecule has 2 saturated carbocycles. The summed E-state index contributed by atoms with van der Waals surface area (Å²) >= 11 is 0. The van der Waals surface area contributed by atoms with Crippen LogP contribution in [0.2, 0.25) is 0 Å². The summed E-state index contributed by atoms with van der Waals surface area (Å²) in [6, 6.07) is 3.70. The number of pyridine rings is 1. The van der Waals surface area contributed by atoms with Crippen molar-refractivity contribution in [2.24, 2.45) is 5.92 Å². The van der Waals surface area contributed by atoms with Crippen molar-refractivity contribution < 1.29 is 52.0 Å². The molecule has 2 unspecified atom stereocenters. The Bertz CT molecular complexity index is 1850. The van der Waals surface area contributed by atoms with Gasteiger partial charge in [-0.1, -0.05) is 31.1 Å². The minimum atomic E-state index is -3.81. The van der Waals surface area contributed by atoms with Crippen LogP contribution in [-0.4, -0.2) is 108 Å². The zero-order valence-corrected chi connectivity index (χ0v) is 30.1. The lowest BCUT2D eigenvalue weighted by Crippen LogP contribution is -2.58. The number of carboxylic acid groups (broad SMARTS) is 1. The highest BCUT2D eigenvalue weighted by atomic mass is 32.2. The molecule has 282 valence electrons. The number of carbonyl (C=O) groups is 4. The van der Waals surface area contributed by atoms with E-state index >= 15 is 0 Å². The summed E-state index contributed by atoms with van der Waals surface area (Å²) in [4.78, 5) is 57.8. The van der Waals surface area contributed by atoms with E-state index in [0.29, 0.717) is 19.3 Å². The third-order valence-electron chi connectivity index (χ3n) is 10.5. The van der Waals surface area contributed by atoms with Gasteiger partial charge in [0.15, 0.2) is 15.5 Å². The van der Waals surface area contributed by atoms with Gasteiger partial charge in [-0.2, -0.15) is 0 Å². The molecule has 2 amide bonds. The van der Waals surface area contributed by atoms with Gasteiger partial charge in [0.2, 0.25) is 5.91 Å². The molecule has 0 radical (unpaired) electrons. The van der Waals surface area contributed by atoms with Crippen molar-refractivity contribution in [3.63, 3.8) is 0 Å². The van der Waals surface area contributed by atoms with E-state index in [0.717, 1.165) is 51.2 Å². The van der Waals surface area contributed by atoms with Crippen molar-refractivity contribution in [3.8, 4) is 5.75 Å². The van der Waals surface area contributed by atoms with E-state index in [9.17, 15) is 37.8 Å². The Kier molecular flexibility index (Phi) is 11.1. The largest absolute Gasteiger partial charge is 0.488 e. The van der Waals surface area contributed by atoms with Gasteiger partial charge in [-0.25, -0.2) is 27.8 Å². The fourth-order valence-electron chi connectivity index (χ4n) is 7.70. The summed E-state index contributed by atoms with van der Waals surface area (Å²) in [5.41, 5.74) is -1.80. The number of esters is 1. The molecule has 0 spiro atoms. The molecule has 2 aromatic rings. The summed E-state index contributed by atoms with van der Waals surface area (Å²) in [6.07, 6.45) is 9.14. The van der Waals surface area contributed by atoms with Gasteiger partial charge >= 0.3 is 18.0 Å². The van der Waals surface area contributed by atoms with E-state index in [-0.39, 0.29) is 46.5 Å². The molecule has 16 heteroatoms. The van der Waals surface area contributed by atoms with Crippen LogP contribution in [0.15, 0.2) is 41.3 Å². The van der Waals surface area contributed by atoms with Gasteiger partial charge in [-0.3, -0.25) is 9.69 Å². The first-order chi connectivity index (χ1) is 24.8. The van der Waals surface area contributed by atoms with Crippen molar-refractivity contribution in [1.82, 2.24) is 20.5 Å². The molecular weight excluding hydrogens is 696 g/mol. The van der Waals surface area contributed by atoms with Gasteiger partial charge in [-0.05, 0) is 63.5 Å². The molecule has 3 heterocycles. The molecule has 1 aromatic carbocycles. The number of fused-ring (bicyclic) bond motifs is 3. The second kappa shape index (κ2) is 15.4. The number of aromatic nitrogens is 1. The molecule has 4 N–H and O–H groups in total. The van der Waals surface area contributed by atoms with Crippen molar-refractivity contribution in [2.45, 2.75) is 112 Å². The molecule has 1 saturated heterocycles. The molecule has 0 bridgehead atoms. The highest BCUT2D eigenvalue weighted by Gasteiger charge is 2.62. The third-order valence-corrected chi connectivity index (χ3v) is 11.7. The molecule has 2 aliphatic heterocycles. The number of aromatic carboxylic acids is 1. The van der Waals surface area contributed by atoms with Crippen LogP contribution in [0.4, 0.5) is 4.79 Å². The van der Waals surface area contributed by atoms with E-state index in [1.807, 2.05) is 12.2 Å². The van der Waals surface area contributed by atoms with Crippen LogP contribution in [0, 0.1) is 5.92 Å². The summed E-state index contributed by atoms with van der Waals surface area (Å²) < 4.78 is 42.3. The van der Waals surface area contributed by atoms with Gasteiger partial charge in [-0.15, -0.1) is 0 Å². The van der Waals surface area contributed by atoms with E-state index < -0.39 is 69.4 Å². The van der Waals surface area contributed by atoms with Crippen LogP contribution in [0.1, 0.15) is 81.1 Å². The molecule has 2 aliphatic carbocycles. The number of benzene rings is 1. The summed E-state index contributed by atoms with van der Waals surface area (Å²) in [7, 11) is -2.55. The normalized spacial score (nSPS) is 29.4. The SMILES string of the molecule is COC(=O)[C@@]12CC1/C=C\CCCCC[C@H](NC(=O)OC1CCCC1)C(O)N1C[C@H](Oc3cc(C(=O)O)nc4c(S(C)(=O)=O)cccc34)C[C@H]1C(=O)N2. The maximum Gasteiger partial charge on any atom is 0.407 e. The van der Waals surface area contributed by atoms with E-state index in [1.54, 1.807) is 6.07 Å². The number of aliphatic hydroxyl groups is 1. The van der Waals surface area contributed by atoms with Gasteiger partial charge < -0.3 is 35.1 Å². The lowest BCUT2D eigenvalue weighted by atomic mass is 10.0. The number of hydrogen-bond donors (Lipinski definition) is 4. The standard InChI is InChI=1S/C36H46N4O11S/c1-49-34(45)36-19-21(36)11-6-4-3-5-7-15-25(38-35(46)51-22-12-8-9-13-22)32(42)40-20-23(17-27(40)31(41)39-36)50-28-18-26(33(43)44)37-30-24(28)14-10-16-29(30)52(2,47)48/h6,10-11,14,16,18,21-23,25,27,32,42H,3-5,7-9,12-13,15,17,19-20H2,1-2H3,(H,38,46)(H,39,41)(H,43,44)/b11-6-/t21?,23-,25+,27+,32?,36-/m1/s1. The highest BCUT2D eigenvalue weighted by Crippen LogP contribution is 2.46. The Labute approximate surface area is 302 Å². The lowest BCUT2D eigenvalue weighted by molar-refractivity contribution is -0.148. The second-order valence-corrected chi connectivity index (χ2v) is 16.2. The maximum absolute atomic E-state index is 14.2. The molecule has 4 aliphatic rings. The van der Waals surface area contributed by atoms with Crippen LogP contribution >= 0.6 is 0 Å². The number of nitrogens with zero attached hydrogens (tertiary/aromatic N) is 2. The average molecular weight is 743 g/mol. The zero-order valence-electron chi connectivity index (χ0n) is 29.3. The van der Waals surface area contributed by atoms with Crippen LogP contribution < -0.4 is 15.4 Å². The predicted molar refractivity (Wildman–Crippen MR) is 186 cm³/mol. The Morgan fingerprint density at radius 1 is 1.08 bits per heavy atom. The quantitative estimate of drug-likeness (QED) is 0.238. The van der Waals surface area contributed by atoms with E-state index in [4.69, 9.17) is 14.2 Å². The third kappa shape index (κ3) is 8.03. The van der Waals surface area contributed by atoms with Crippen molar-refractivity contribution in [1.29, 1.82) is 0 Å². The lowest BCUT2D eigenvalue weighted by Gasteiger charge is -2.34. The Hall–Kier alpha value is -4.28. The number of sulfone groups is 1.